The first-order chi connectivity index (χ1) is 14.0. The molecule has 1 heterocycles. The van der Waals surface area contributed by atoms with Crippen molar-refractivity contribution < 1.29 is 4.79 Å². The number of nitrogens with zero attached hydrogens (tertiary/aromatic N) is 3. The van der Waals surface area contributed by atoms with Gasteiger partial charge in [-0.1, -0.05) is 54.1 Å². The van der Waals surface area contributed by atoms with E-state index in [1.54, 1.807) is 23.1 Å². The Hall–Kier alpha value is -3.44. The van der Waals surface area contributed by atoms with Crippen LogP contribution in [0.3, 0.4) is 0 Å². The summed E-state index contributed by atoms with van der Waals surface area (Å²) in [6, 6.07) is 23.0. The summed E-state index contributed by atoms with van der Waals surface area (Å²) in [4.78, 5) is 23.4. The van der Waals surface area contributed by atoms with E-state index in [-0.39, 0.29) is 5.91 Å². The zero-order valence-electron chi connectivity index (χ0n) is 16.1. The lowest BCUT2D eigenvalue weighted by Crippen LogP contribution is -2.13. The van der Waals surface area contributed by atoms with Crippen LogP contribution in [0.1, 0.15) is 10.4 Å². The summed E-state index contributed by atoms with van der Waals surface area (Å²) in [5.41, 5.74) is 4.75. The summed E-state index contributed by atoms with van der Waals surface area (Å²) in [6.45, 7) is 0. The third-order valence-corrected chi connectivity index (χ3v) is 4.79. The zero-order chi connectivity index (χ0) is 20.4. The minimum absolute atomic E-state index is 0.182. The summed E-state index contributed by atoms with van der Waals surface area (Å²) in [5.74, 6) is 0.401. The molecule has 0 unspecified atom stereocenters. The number of rotatable bonds is 4. The highest BCUT2D eigenvalue weighted by Crippen LogP contribution is 2.25. The Labute approximate surface area is 174 Å². The number of fused-ring (bicyclic) bond motifs is 1. The number of amides is 1. The second-order valence-corrected chi connectivity index (χ2v) is 7.19. The lowest BCUT2D eigenvalue weighted by Gasteiger charge is -2.13. The van der Waals surface area contributed by atoms with Crippen molar-refractivity contribution >= 4 is 40.0 Å². The largest absolute Gasteiger partial charge is 0.360 e. The molecule has 4 rings (SSSR count). The van der Waals surface area contributed by atoms with E-state index in [1.165, 1.54) is 0 Å². The quantitative estimate of drug-likeness (QED) is 0.505. The number of aromatic nitrogens is 2. The number of carbonyl (C=O) groups excluding carboxylic acids is 1. The summed E-state index contributed by atoms with van der Waals surface area (Å²) < 4.78 is 0. The molecule has 5 nitrogen and oxygen atoms in total. The molecule has 1 aromatic heterocycles. The van der Waals surface area contributed by atoms with Gasteiger partial charge in [-0.15, -0.1) is 0 Å². The predicted molar refractivity (Wildman–Crippen MR) is 119 cm³/mol. The fourth-order valence-corrected chi connectivity index (χ4v) is 3.34. The summed E-state index contributed by atoms with van der Waals surface area (Å²) in [5, 5.41) is 3.26. The van der Waals surface area contributed by atoms with Crippen molar-refractivity contribution in [3.8, 4) is 11.1 Å². The highest BCUT2D eigenvalue weighted by molar-refractivity contribution is 6.32. The van der Waals surface area contributed by atoms with E-state index in [2.05, 4.69) is 15.3 Å². The van der Waals surface area contributed by atoms with E-state index in [9.17, 15) is 4.79 Å². The maximum Gasteiger partial charge on any atom is 0.255 e. The lowest BCUT2D eigenvalue weighted by atomic mass is 10.0. The molecule has 1 N–H and O–H groups in total. The van der Waals surface area contributed by atoms with Crippen LogP contribution in [-0.4, -0.2) is 30.0 Å². The van der Waals surface area contributed by atoms with Gasteiger partial charge in [0.25, 0.3) is 5.91 Å². The number of nitrogens with one attached hydrogen (secondary N) is 1. The molecule has 6 heteroatoms. The van der Waals surface area contributed by atoms with Gasteiger partial charge in [0.05, 0.1) is 11.0 Å². The van der Waals surface area contributed by atoms with E-state index in [4.69, 9.17) is 11.6 Å². The molecule has 0 aliphatic heterocycles. The van der Waals surface area contributed by atoms with Crippen molar-refractivity contribution in [3.05, 3.63) is 83.5 Å². The molecule has 4 aromatic rings. The van der Waals surface area contributed by atoms with Crippen LogP contribution >= 0.6 is 11.6 Å². The summed E-state index contributed by atoms with van der Waals surface area (Å²) in [6.07, 6.45) is 0. The summed E-state index contributed by atoms with van der Waals surface area (Å²) in [7, 11) is 3.71. The van der Waals surface area contributed by atoms with Gasteiger partial charge in [-0.3, -0.25) is 4.79 Å². The third-order valence-electron chi connectivity index (χ3n) is 4.54. The second kappa shape index (κ2) is 7.89. The van der Waals surface area contributed by atoms with E-state index in [1.807, 2.05) is 68.7 Å². The second-order valence-electron chi connectivity index (χ2n) is 6.83. The average molecular weight is 403 g/mol. The molecular weight excluding hydrogens is 384 g/mol. The molecule has 0 fully saturated rings. The molecule has 0 saturated carbocycles. The highest BCUT2D eigenvalue weighted by atomic mass is 35.5. The number of halogens is 1. The maximum atomic E-state index is 12.7. The standard InChI is InChI=1S/C23H19ClN4O/c1-28(2)22-21(24)26-19-13-12-18(14-20(19)27-22)25-23(29)17-10-8-16(9-11-17)15-6-4-3-5-7-15/h3-14H,1-2H3,(H,25,29). The van der Waals surface area contributed by atoms with Crippen molar-refractivity contribution in [3.63, 3.8) is 0 Å². The van der Waals surface area contributed by atoms with Crippen molar-refractivity contribution in [1.82, 2.24) is 9.97 Å². The van der Waals surface area contributed by atoms with Gasteiger partial charge in [-0.25, -0.2) is 9.97 Å². The molecular formula is C23H19ClN4O. The van der Waals surface area contributed by atoms with Crippen molar-refractivity contribution in [1.29, 1.82) is 0 Å². The number of hydrogen-bond donors (Lipinski definition) is 1. The minimum atomic E-state index is -0.182. The van der Waals surface area contributed by atoms with Crippen LogP contribution in [0, 0.1) is 0 Å². The van der Waals surface area contributed by atoms with Crippen molar-refractivity contribution in [2.75, 3.05) is 24.3 Å². The van der Waals surface area contributed by atoms with Gasteiger partial charge in [0.2, 0.25) is 0 Å². The van der Waals surface area contributed by atoms with Crippen molar-refractivity contribution in [2.45, 2.75) is 0 Å². The Morgan fingerprint density at radius 1 is 0.862 bits per heavy atom. The number of benzene rings is 3. The number of carbonyl (C=O) groups is 1. The Bertz CT molecular complexity index is 1170. The van der Waals surface area contributed by atoms with Gasteiger partial charge in [-0.05, 0) is 41.5 Å². The zero-order valence-corrected chi connectivity index (χ0v) is 16.8. The molecule has 0 aliphatic carbocycles. The monoisotopic (exact) mass is 402 g/mol. The molecule has 3 aromatic carbocycles. The minimum Gasteiger partial charge on any atom is -0.360 e. The van der Waals surface area contributed by atoms with E-state index >= 15 is 0 Å². The maximum absolute atomic E-state index is 12.7. The Morgan fingerprint density at radius 3 is 2.24 bits per heavy atom. The van der Waals surface area contributed by atoms with Crippen LogP contribution in [0.2, 0.25) is 5.15 Å². The van der Waals surface area contributed by atoms with Gasteiger partial charge in [0.1, 0.15) is 0 Å². The first-order valence-corrected chi connectivity index (χ1v) is 9.50. The van der Waals surface area contributed by atoms with Gasteiger partial charge in [0, 0.05) is 25.3 Å². The molecule has 0 bridgehead atoms. The normalized spacial score (nSPS) is 10.7. The van der Waals surface area contributed by atoms with Gasteiger partial charge in [-0.2, -0.15) is 0 Å². The fourth-order valence-electron chi connectivity index (χ4n) is 3.03. The topological polar surface area (TPSA) is 58.1 Å². The first kappa shape index (κ1) is 18.9. The smallest absolute Gasteiger partial charge is 0.255 e. The van der Waals surface area contributed by atoms with Crippen molar-refractivity contribution in [2.24, 2.45) is 0 Å². The summed E-state index contributed by atoms with van der Waals surface area (Å²) >= 11 is 6.17. The Kier molecular flexibility index (Phi) is 5.14. The molecule has 0 aliphatic rings. The number of hydrogen-bond acceptors (Lipinski definition) is 4. The van der Waals surface area contributed by atoms with E-state index < -0.39 is 0 Å². The SMILES string of the molecule is CN(C)c1nc2cc(NC(=O)c3ccc(-c4ccccc4)cc3)ccc2nc1Cl. The van der Waals surface area contributed by atoms with E-state index in [0.717, 1.165) is 11.1 Å². The first-order valence-electron chi connectivity index (χ1n) is 9.13. The molecule has 0 radical (unpaired) electrons. The average Bonchev–Trinajstić information content (AvgIpc) is 2.74. The molecule has 29 heavy (non-hydrogen) atoms. The molecule has 0 spiro atoms. The van der Waals surface area contributed by atoms with Crippen LogP contribution in [0.4, 0.5) is 11.5 Å². The van der Waals surface area contributed by atoms with Crippen LogP contribution in [-0.2, 0) is 0 Å². The van der Waals surface area contributed by atoms with Gasteiger partial charge in [0.15, 0.2) is 11.0 Å². The van der Waals surface area contributed by atoms with Gasteiger partial charge >= 0.3 is 0 Å². The Balaban J connectivity index is 1.56. The highest BCUT2D eigenvalue weighted by Gasteiger charge is 2.11. The van der Waals surface area contributed by atoms with Crippen LogP contribution < -0.4 is 10.2 Å². The molecule has 0 saturated heterocycles. The number of anilines is 2. The van der Waals surface area contributed by atoms with Crippen LogP contribution in [0.15, 0.2) is 72.8 Å². The molecule has 1 amide bonds. The molecule has 0 atom stereocenters. The lowest BCUT2D eigenvalue weighted by molar-refractivity contribution is 0.102. The fraction of sp³-hybridized carbons (Fsp3) is 0.0870. The van der Waals surface area contributed by atoms with Crippen LogP contribution in [0.25, 0.3) is 22.2 Å². The predicted octanol–water partition coefficient (Wildman–Crippen LogP) is 5.27. The van der Waals surface area contributed by atoms with E-state index in [0.29, 0.717) is 33.3 Å². The van der Waals surface area contributed by atoms with Crippen LogP contribution in [0.5, 0.6) is 0 Å². The van der Waals surface area contributed by atoms with Gasteiger partial charge < -0.3 is 10.2 Å². The molecule has 144 valence electrons. The Morgan fingerprint density at radius 2 is 1.55 bits per heavy atom. The third kappa shape index (κ3) is 4.05.